The number of hydrogen-bond donors (Lipinski definition) is 2. The molecule has 2 N–H and O–H groups in total. The average Bonchev–Trinajstić information content (AvgIpc) is 2.32. The highest BCUT2D eigenvalue weighted by Crippen LogP contribution is 2.26. The number of nitrogens with one attached hydrogen (secondary N) is 1. The van der Waals surface area contributed by atoms with Crippen LogP contribution in [0.5, 0.6) is 0 Å². The summed E-state index contributed by atoms with van der Waals surface area (Å²) in [6, 6.07) is 6.52. The molecule has 5 nitrogen and oxygen atoms in total. The predicted octanol–water partition coefficient (Wildman–Crippen LogP) is 2.64. The number of sulfone groups is 1. The molecule has 6 heteroatoms. The van der Waals surface area contributed by atoms with Gasteiger partial charge in [-0.2, -0.15) is 0 Å². The molecule has 1 unspecified atom stereocenters. The predicted molar refractivity (Wildman–Crippen MR) is 83.2 cm³/mol. The van der Waals surface area contributed by atoms with E-state index >= 15 is 0 Å². The van der Waals surface area contributed by atoms with E-state index < -0.39 is 21.7 Å². The van der Waals surface area contributed by atoms with Crippen LogP contribution in [-0.2, 0) is 14.6 Å². The first-order valence-electron chi connectivity index (χ1n) is 6.76. The molecule has 0 fully saturated rings. The summed E-state index contributed by atoms with van der Waals surface area (Å²) in [7, 11) is -3.35. The molecule has 1 aromatic carbocycles. The van der Waals surface area contributed by atoms with Gasteiger partial charge in [0.25, 0.3) is 0 Å². The van der Waals surface area contributed by atoms with E-state index in [4.69, 9.17) is 0 Å². The van der Waals surface area contributed by atoms with Crippen LogP contribution in [0, 0.1) is 11.3 Å². The van der Waals surface area contributed by atoms with Crippen molar-refractivity contribution in [2.75, 3.05) is 18.1 Å². The molecule has 0 heterocycles. The maximum Gasteiger partial charge on any atom is 0.308 e. The van der Waals surface area contributed by atoms with Crippen LogP contribution in [0.2, 0.25) is 0 Å². The minimum atomic E-state index is -3.35. The molecule has 0 aliphatic rings. The van der Waals surface area contributed by atoms with Gasteiger partial charge >= 0.3 is 5.97 Å². The lowest BCUT2D eigenvalue weighted by molar-refractivity contribution is -0.142. The molecule has 0 aromatic heterocycles. The fourth-order valence-corrected chi connectivity index (χ4v) is 3.02. The monoisotopic (exact) mass is 313 g/mol. The van der Waals surface area contributed by atoms with Crippen molar-refractivity contribution in [3.63, 3.8) is 0 Å². The zero-order valence-electron chi connectivity index (χ0n) is 12.9. The van der Waals surface area contributed by atoms with E-state index in [2.05, 4.69) is 5.32 Å². The molecular formula is C15H23NO4S. The zero-order valence-corrected chi connectivity index (χ0v) is 13.7. The Balaban J connectivity index is 2.89. The Morgan fingerprint density at radius 2 is 1.86 bits per heavy atom. The standard InChI is InChI=1S/C15H23NO4S/c1-15(2,3)9-11(14(17)18)10-16-12-7-5-6-8-13(12)21(4,19)20/h5-8,11,16H,9-10H2,1-4H3,(H,17,18). The number of benzene rings is 1. The van der Waals surface area contributed by atoms with Gasteiger partial charge in [-0.05, 0) is 24.0 Å². The normalized spacial score (nSPS) is 13.7. The van der Waals surface area contributed by atoms with Gasteiger partial charge in [0.05, 0.1) is 16.5 Å². The average molecular weight is 313 g/mol. The summed E-state index contributed by atoms with van der Waals surface area (Å²) < 4.78 is 23.4. The highest BCUT2D eigenvalue weighted by Gasteiger charge is 2.25. The number of aliphatic carboxylic acids is 1. The number of anilines is 1. The van der Waals surface area contributed by atoms with E-state index in [1.54, 1.807) is 18.2 Å². The second kappa shape index (κ2) is 6.47. The fourth-order valence-electron chi connectivity index (χ4n) is 2.16. The Labute approximate surface area is 126 Å². The molecule has 0 radical (unpaired) electrons. The number of rotatable bonds is 6. The third kappa shape index (κ3) is 5.75. The Morgan fingerprint density at radius 1 is 1.29 bits per heavy atom. The number of carbonyl (C=O) groups is 1. The van der Waals surface area contributed by atoms with Gasteiger partial charge in [-0.15, -0.1) is 0 Å². The number of hydrogen-bond acceptors (Lipinski definition) is 4. The Bertz CT molecular complexity index is 602. The van der Waals surface area contributed by atoms with E-state index in [0.29, 0.717) is 12.1 Å². The summed E-state index contributed by atoms with van der Waals surface area (Å²) in [5.41, 5.74) is 0.335. The molecule has 0 bridgehead atoms. The van der Waals surface area contributed by atoms with Crippen molar-refractivity contribution in [3.8, 4) is 0 Å². The topological polar surface area (TPSA) is 83.5 Å². The van der Waals surface area contributed by atoms with Crippen molar-refractivity contribution in [2.24, 2.45) is 11.3 Å². The molecule has 0 spiro atoms. The molecule has 21 heavy (non-hydrogen) atoms. The molecule has 0 aliphatic heterocycles. The third-order valence-corrected chi connectivity index (χ3v) is 4.19. The SMILES string of the molecule is CC(C)(C)CC(CNc1ccccc1S(C)(=O)=O)C(=O)O. The summed E-state index contributed by atoms with van der Waals surface area (Å²) >= 11 is 0. The van der Waals surface area contributed by atoms with Gasteiger partial charge < -0.3 is 10.4 Å². The molecule has 0 saturated carbocycles. The first-order valence-corrected chi connectivity index (χ1v) is 8.65. The maximum atomic E-state index is 11.7. The van der Waals surface area contributed by atoms with E-state index in [-0.39, 0.29) is 16.9 Å². The second-order valence-corrected chi connectivity index (χ2v) is 8.43. The molecule has 0 aliphatic carbocycles. The maximum absolute atomic E-state index is 11.7. The largest absolute Gasteiger partial charge is 0.481 e. The van der Waals surface area contributed by atoms with Gasteiger partial charge in [0.1, 0.15) is 0 Å². The van der Waals surface area contributed by atoms with Crippen molar-refractivity contribution < 1.29 is 18.3 Å². The van der Waals surface area contributed by atoms with Gasteiger partial charge in [0.15, 0.2) is 9.84 Å². The molecule has 0 amide bonds. The molecule has 1 rings (SSSR count). The van der Waals surface area contributed by atoms with E-state index in [1.165, 1.54) is 6.07 Å². The van der Waals surface area contributed by atoms with Crippen LogP contribution in [-0.4, -0.2) is 32.3 Å². The summed E-state index contributed by atoms with van der Waals surface area (Å²) in [6.07, 6.45) is 1.65. The fraction of sp³-hybridized carbons (Fsp3) is 0.533. The van der Waals surface area contributed by atoms with Crippen molar-refractivity contribution >= 4 is 21.5 Å². The minimum absolute atomic E-state index is 0.110. The number of para-hydroxylation sites is 1. The Morgan fingerprint density at radius 3 is 2.33 bits per heavy atom. The van der Waals surface area contributed by atoms with Gasteiger partial charge in [-0.25, -0.2) is 8.42 Å². The van der Waals surface area contributed by atoms with E-state index in [1.807, 2.05) is 20.8 Å². The quantitative estimate of drug-likeness (QED) is 0.843. The lowest BCUT2D eigenvalue weighted by Crippen LogP contribution is -2.27. The van der Waals surface area contributed by atoms with Gasteiger partial charge in [-0.1, -0.05) is 32.9 Å². The smallest absolute Gasteiger partial charge is 0.308 e. The second-order valence-electron chi connectivity index (χ2n) is 6.45. The first-order chi connectivity index (χ1) is 9.50. The summed E-state index contributed by atoms with van der Waals surface area (Å²) in [6.45, 7) is 6.13. The summed E-state index contributed by atoms with van der Waals surface area (Å²) in [5, 5.41) is 12.2. The third-order valence-electron chi connectivity index (χ3n) is 3.03. The van der Waals surface area contributed by atoms with Gasteiger partial charge in [0.2, 0.25) is 0 Å². The highest BCUT2D eigenvalue weighted by atomic mass is 32.2. The minimum Gasteiger partial charge on any atom is -0.481 e. The van der Waals surface area contributed by atoms with Crippen molar-refractivity contribution in [2.45, 2.75) is 32.1 Å². The van der Waals surface area contributed by atoms with Crippen LogP contribution in [0.3, 0.4) is 0 Å². The Kier molecular flexibility index (Phi) is 5.39. The molecule has 1 aromatic rings. The molecule has 1 atom stereocenters. The molecular weight excluding hydrogens is 290 g/mol. The molecule has 0 saturated heterocycles. The highest BCUT2D eigenvalue weighted by molar-refractivity contribution is 7.90. The lowest BCUT2D eigenvalue weighted by atomic mass is 9.84. The lowest BCUT2D eigenvalue weighted by Gasteiger charge is -2.24. The Hall–Kier alpha value is -1.56. The van der Waals surface area contributed by atoms with Crippen molar-refractivity contribution in [3.05, 3.63) is 24.3 Å². The van der Waals surface area contributed by atoms with Crippen LogP contribution in [0.4, 0.5) is 5.69 Å². The van der Waals surface area contributed by atoms with Crippen LogP contribution in [0.1, 0.15) is 27.2 Å². The number of carboxylic acid groups (broad SMARTS) is 1. The first kappa shape index (κ1) is 17.5. The van der Waals surface area contributed by atoms with Crippen LogP contribution in [0.15, 0.2) is 29.2 Å². The van der Waals surface area contributed by atoms with Crippen molar-refractivity contribution in [1.29, 1.82) is 0 Å². The molecule has 118 valence electrons. The number of carboxylic acids is 1. The van der Waals surface area contributed by atoms with Crippen LogP contribution < -0.4 is 5.32 Å². The zero-order chi connectivity index (χ0) is 16.3. The van der Waals surface area contributed by atoms with Crippen LogP contribution in [0.25, 0.3) is 0 Å². The summed E-state index contributed by atoms with van der Waals surface area (Å²) in [5.74, 6) is -1.45. The van der Waals surface area contributed by atoms with Crippen LogP contribution >= 0.6 is 0 Å². The van der Waals surface area contributed by atoms with E-state index in [9.17, 15) is 18.3 Å². The summed E-state index contributed by atoms with van der Waals surface area (Å²) in [4.78, 5) is 11.5. The van der Waals surface area contributed by atoms with Gasteiger partial charge in [0, 0.05) is 12.8 Å². The van der Waals surface area contributed by atoms with E-state index in [0.717, 1.165) is 6.26 Å². The van der Waals surface area contributed by atoms with Crippen molar-refractivity contribution in [1.82, 2.24) is 0 Å². The van der Waals surface area contributed by atoms with Gasteiger partial charge in [-0.3, -0.25) is 4.79 Å².